The molecule has 0 aliphatic carbocycles. The van der Waals surface area contributed by atoms with Crippen molar-refractivity contribution in [2.75, 3.05) is 31.9 Å². The molecule has 0 amide bonds. The van der Waals surface area contributed by atoms with E-state index in [0.717, 1.165) is 32.7 Å². The van der Waals surface area contributed by atoms with E-state index in [-0.39, 0.29) is 17.8 Å². The van der Waals surface area contributed by atoms with Crippen LogP contribution in [0.2, 0.25) is 0 Å². The van der Waals surface area contributed by atoms with Crippen molar-refractivity contribution >= 4 is 21.4 Å². The molecule has 5 nitrogen and oxygen atoms in total. The van der Waals surface area contributed by atoms with Crippen LogP contribution in [-0.4, -0.2) is 56.2 Å². The van der Waals surface area contributed by atoms with Crippen molar-refractivity contribution in [2.45, 2.75) is 32.5 Å². The fourth-order valence-electron chi connectivity index (χ4n) is 3.67. The van der Waals surface area contributed by atoms with E-state index in [9.17, 15) is 8.42 Å². The van der Waals surface area contributed by atoms with Crippen LogP contribution in [-0.2, 0) is 16.6 Å². The van der Waals surface area contributed by atoms with E-state index in [2.05, 4.69) is 50.2 Å². The molecular formula is C20H29N3O2S2. The first-order chi connectivity index (χ1) is 13.0. The Balaban J connectivity index is 1.66. The maximum absolute atomic E-state index is 12.1. The molecule has 148 valence electrons. The second kappa shape index (κ2) is 9.30. The summed E-state index contributed by atoms with van der Waals surface area (Å²) >= 11 is 1.70. The van der Waals surface area contributed by atoms with E-state index in [4.69, 9.17) is 0 Å². The Labute approximate surface area is 167 Å². The fraction of sp³-hybridized carbons (Fsp3) is 0.500. The average Bonchev–Trinajstić information content (AvgIpc) is 3.18. The summed E-state index contributed by atoms with van der Waals surface area (Å²) in [6, 6.07) is 14.6. The first-order valence-electron chi connectivity index (χ1n) is 9.52. The van der Waals surface area contributed by atoms with Gasteiger partial charge in [-0.05, 0) is 30.9 Å². The van der Waals surface area contributed by atoms with Gasteiger partial charge >= 0.3 is 0 Å². The van der Waals surface area contributed by atoms with Crippen molar-refractivity contribution in [3.63, 3.8) is 0 Å². The van der Waals surface area contributed by atoms with Crippen molar-refractivity contribution in [2.24, 2.45) is 0 Å². The molecule has 1 saturated heterocycles. The molecule has 0 unspecified atom stereocenters. The van der Waals surface area contributed by atoms with E-state index in [1.54, 1.807) is 18.3 Å². The summed E-state index contributed by atoms with van der Waals surface area (Å²) in [5, 5.41) is 2.06. The highest BCUT2D eigenvalue weighted by atomic mass is 32.2. The van der Waals surface area contributed by atoms with Gasteiger partial charge in [-0.25, -0.2) is 13.1 Å². The molecule has 0 radical (unpaired) electrons. The molecule has 27 heavy (non-hydrogen) atoms. The molecule has 2 heterocycles. The molecule has 2 atom stereocenters. The fourth-order valence-corrected chi connectivity index (χ4v) is 5.50. The second-order valence-corrected chi connectivity index (χ2v) is 10.1. The smallest absolute Gasteiger partial charge is 0.211 e. The van der Waals surface area contributed by atoms with E-state index >= 15 is 0 Å². The number of nitrogens with zero attached hydrogens (tertiary/aromatic N) is 2. The number of thiophene rings is 1. The largest absolute Gasteiger partial charge is 0.297 e. The molecule has 3 rings (SSSR count). The van der Waals surface area contributed by atoms with Crippen LogP contribution in [0.1, 0.15) is 30.3 Å². The lowest BCUT2D eigenvalue weighted by atomic mass is 10.1. The standard InChI is InChI=1S/C20H29N3O2S2/c1-3-27(24,25)21-17(2)20(19-10-7-15-26-19)23-13-11-22(12-14-23)16-18-8-5-4-6-9-18/h4-10,15,17,20-21H,3,11-14,16H2,1-2H3/t17-,20+/m1/s1. The van der Waals surface area contributed by atoms with Gasteiger partial charge in [0.25, 0.3) is 0 Å². The highest BCUT2D eigenvalue weighted by Gasteiger charge is 2.31. The summed E-state index contributed by atoms with van der Waals surface area (Å²) in [6.45, 7) is 8.48. The van der Waals surface area contributed by atoms with Gasteiger partial charge in [0.2, 0.25) is 10.0 Å². The Morgan fingerprint density at radius 3 is 2.37 bits per heavy atom. The van der Waals surface area contributed by atoms with Crippen LogP contribution in [0.15, 0.2) is 47.8 Å². The third kappa shape index (κ3) is 5.62. The van der Waals surface area contributed by atoms with Crippen LogP contribution >= 0.6 is 11.3 Å². The van der Waals surface area contributed by atoms with Crippen molar-refractivity contribution < 1.29 is 8.42 Å². The first kappa shape index (κ1) is 20.5. The van der Waals surface area contributed by atoms with Crippen molar-refractivity contribution in [3.8, 4) is 0 Å². The monoisotopic (exact) mass is 407 g/mol. The Morgan fingerprint density at radius 1 is 1.07 bits per heavy atom. The van der Waals surface area contributed by atoms with Gasteiger partial charge in [-0.2, -0.15) is 0 Å². The highest BCUT2D eigenvalue weighted by molar-refractivity contribution is 7.89. The van der Waals surface area contributed by atoms with Gasteiger partial charge in [0, 0.05) is 43.6 Å². The average molecular weight is 408 g/mol. The van der Waals surface area contributed by atoms with Gasteiger partial charge in [0.15, 0.2) is 0 Å². The van der Waals surface area contributed by atoms with Crippen LogP contribution in [0, 0.1) is 0 Å². The topological polar surface area (TPSA) is 52.7 Å². The predicted octanol–water partition coefficient (Wildman–Crippen LogP) is 2.93. The Kier molecular flexibility index (Phi) is 7.05. The summed E-state index contributed by atoms with van der Waals surface area (Å²) in [6.07, 6.45) is 0. The molecule has 1 aliphatic rings. The number of hydrogen-bond donors (Lipinski definition) is 1. The lowest BCUT2D eigenvalue weighted by Gasteiger charge is -2.41. The Bertz CT molecular complexity index is 786. The lowest BCUT2D eigenvalue weighted by Crippen LogP contribution is -2.52. The van der Waals surface area contributed by atoms with E-state index < -0.39 is 10.0 Å². The normalized spacial score (nSPS) is 19.0. The van der Waals surface area contributed by atoms with E-state index in [1.165, 1.54) is 10.4 Å². The molecule has 1 aliphatic heterocycles. The number of piperazine rings is 1. The van der Waals surface area contributed by atoms with Crippen LogP contribution in [0.5, 0.6) is 0 Å². The maximum Gasteiger partial charge on any atom is 0.211 e. The lowest BCUT2D eigenvalue weighted by molar-refractivity contribution is 0.0819. The highest BCUT2D eigenvalue weighted by Crippen LogP contribution is 2.29. The van der Waals surface area contributed by atoms with Crippen molar-refractivity contribution in [1.29, 1.82) is 0 Å². The predicted molar refractivity (Wildman–Crippen MR) is 112 cm³/mol. The zero-order chi connectivity index (χ0) is 19.3. The minimum atomic E-state index is -3.23. The minimum Gasteiger partial charge on any atom is -0.297 e. The van der Waals surface area contributed by atoms with Crippen molar-refractivity contribution in [3.05, 3.63) is 58.3 Å². The Morgan fingerprint density at radius 2 is 1.78 bits per heavy atom. The summed E-state index contributed by atoms with van der Waals surface area (Å²) < 4.78 is 27.0. The summed E-state index contributed by atoms with van der Waals surface area (Å²) in [7, 11) is -3.23. The van der Waals surface area contributed by atoms with Gasteiger partial charge in [-0.1, -0.05) is 36.4 Å². The van der Waals surface area contributed by atoms with Crippen LogP contribution in [0.25, 0.3) is 0 Å². The summed E-state index contributed by atoms with van der Waals surface area (Å²) in [4.78, 5) is 6.12. The SMILES string of the molecule is CCS(=O)(=O)N[C@H](C)[C@@H](c1cccs1)N1CCN(Cc2ccccc2)CC1. The molecule has 0 spiro atoms. The quantitative estimate of drug-likeness (QED) is 0.731. The molecule has 2 aromatic rings. The Hall–Kier alpha value is -1.25. The molecule has 0 saturated carbocycles. The van der Waals surface area contributed by atoms with Gasteiger partial charge in [-0.3, -0.25) is 9.80 Å². The van der Waals surface area contributed by atoms with Crippen LogP contribution in [0.3, 0.4) is 0 Å². The van der Waals surface area contributed by atoms with Gasteiger partial charge in [0.05, 0.1) is 11.8 Å². The van der Waals surface area contributed by atoms with Gasteiger partial charge < -0.3 is 0 Å². The number of benzene rings is 1. The molecule has 1 N–H and O–H groups in total. The van der Waals surface area contributed by atoms with Crippen molar-refractivity contribution in [1.82, 2.24) is 14.5 Å². The second-order valence-electron chi connectivity index (χ2n) is 7.07. The number of hydrogen-bond acceptors (Lipinski definition) is 5. The minimum absolute atomic E-state index is 0.0743. The zero-order valence-corrected chi connectivity index (χ0v) is 17.7. The maximum atomic E-state index is 12.1. The van der Waals surface area contributed by atoms with E-state index in [1.807, 2.05) is 19.1 Å². The molecule has 0 bridgehead atoms. The van der Waals surface area contributed by atoms with Gasteiger partial charge in [-0.15, -0.1) is 11.3 Å². The summed E-state index contributed by atoms with van der Waals surface area (Å²) in [5.41, 5.74) is 1.34. The molecule has 1 aromatic heterocycles. The number of sulfonamides is 1. The van der Waals surface area contributed by atoms with E-state index in [0.29, 0.717) is 0 Å². The van der Waals surface area contributed by atoms with Gasteiger partial charge in [0.1, 0.15) is 0 Å². The first-order valence-corrected chi connectivity index (χ1v) is 12.1. The van der Waals surface area contributed by atoms with Crippen LogP contribution < -0.4 is 4.72 Å². The molecule has 7 heteroatoms. The number of nitrogens with one attached hydrogen (secondary N) is 1. The molecule has 1 aromatic carbocycles. The molecular weight excluding hydrogens is 378 g/mol. The van der Waals surface area contributed by atoms with Crippen LogP contribution in [0.4, 0.5) is 0 Å². The summed E-state index contributed by atoms with van der Waals surface area (Å²) in [5.74, 6) is 0.110. The molecule has 1 fully saturated rings. The third-order valence-corrected chi connectivity index (χ3v) is 7.54. The third-order valence-electron chi connectivity index (χ3n) is 5.10. The zero-order valence-electron chi connectivity index (χ0n) is 16.0. The number of rotatable bonds is 8.